The fraction of sp³-hybridized carbons (Fsp3) is 0.400. The molecule has 7 nitrogen and oxygen atoms in total. The van der Waals surface area contributed by atoms with Crippen LogP contribution in [-0.2, 0) is 27.4 Å². The van der Waals surface area contributed by atoms with E-state index in [9.17, 15) is 14.0 Å². The highest BCUT2D eigenvalue weighted by molar-refractivity contribution is 5.88. The Morgan fingerprint density at radius 1 is 0.921 bits per heavy atom. The zero-order chi connectivity index (χ0) is 26.3. The summed E-state index contributed by atoms with van der Waals surface area (Å²) in [5.41, 5.74) is 1.98. The molecule has 3 aromatic rings. The highest BCUT2D eigenvalue weighted by atomic mass is 19.1. The zero-order valence-electron chi connectivity index (χ0n) is 21.5. The molecule has 0 bridgehead atoms. The van der Waals surface area contributed by atoms with Gasteiger partial charge in [-0.15, -0.1) is 0 Å². The Kier molecular flexibility index (Phi) is 8.51. The Morgan fingerprint density at radius 2 is 1.68 bits per heavy atom. The third-order valence-electron chi connectivity index (χ3n) is 7.33. The Balaban J connectivity index is 1.30. The van der Waals surface area contributed by atoms with E-state index in [1.54, 1.807) is 34.3 Å². The van der Waals surface area contributed by atoms with E-state index in [0.717, 1.165) is 25.1 Å². The molecule has 2 atom stereocenters. The second kappa shape index (κ2) is 12.4. The molecule has 1 aliphatic heterocycles. The van der Waals surface area contributed by atoms with Crippen molar-refractivity contribution >= 4 is 11.8 Å². The van der Waals surface area contributed by atoms with Gasteiger partial charge in [-0.05, 0) is 47.7 Å². The number of hydrogen-bond acceptors (Lipinski definition) is 5. The molecule has 0 radical (unpaired) electrons. The van der Waals surface area contributed by atoms with Crippen molar-refractivity contribution < 1.29 is 23.1 Å². The highest BCUT2D eigenvalue weighted by Crippen LogP contribution is 2.48. The number of benzene rings is 2. The number of carbonyl (C=O) groups is 2. The lowest BCUT2D eigenvalue weighted by atomic mass is 10.1. The molecule has 2 aromatic carbocycles. The van der Waals surface area contributed by atoms with Gasteiger partial charge in [-0.2, -0.15) is 0 Å². The topological polar surface area (TPSA) is 66.2 Å². The Labute approximate surface area is 222 Å². The smallest absolute Gasteiger partial charge is 0.242 e. The number of amides is 2. The molecule has 0 N–H and O–H groups in total. The standard InChI is InChI=1S/C30H34FN3O4/c31-25-10-8-23(9-11-25)20-34(21-26-7-4-16-38-26)29(35)22-33(13-12-32-14-17-37-18-15-32)30(36)28-19-27(28)24-5-2-1-3-6-24/h1-11,16,27-28H,12-15,17-22H2. The van der Waals surface area contributed by atoms with Crippen molar-refractivity contribution in [3.63, 3.8) is 0 Å². The van der Waals surface area contributed by atoms with Crippen LogP contribution in [0.4, 0.5) is 4.39 Å². The molecule has 1 aromatic heterocycles. The third kappa shape index (κ3) is 6.88. The second-order valence-corrected chi connectivity index (χ2v) is 10.0. The van der Waals surface area contributed by atoms with Gasteiger partial charge >= 0.3 is 0 Å². The molecule has 5 rings (SSSR count). The van der Waals surface area contributed by atoms with Gasteiger partial charge in [-0.3, -0.25) is 14.5 Å². The fourth-order valence-corrected chi connectivity index (χ4v) is 5.02. The van der Waals surface area contributed by atoms with E-state index in [1.165, 1.54) is 17.7 Å². The maximum Gasteiger partial charge on any atom is 0.242 e. The van der Waals surface area contributed by atoms with Gasteiger partial charge < -0.3 is 19.0 Å². The first kappa shape index (κ1) is 26.1. The Bertz CT molecular complexity index is 1180. The average Bonchev–Trinajstić information content (AvgIpc) is 3.59. The van der Waals surface area contributed by atoms with Gasteiger partial charge in [0.15, 0.2) is 0 Å². The number of morpholine rings is 1. The first-order chi connectivity index (χ1) is 18.6. The molecule has 2 fully saturated rings. The predicted molar refractivity (Wildman–Crippen MR) is 140 cm³/mol. The fourth-order valence-electron chi connectivity index (χ4n) is 5.02. The number of furan rings is 1. The summed E-state index contributed by atoms with van der Waals surface area (Å²) in [4.78, 5) is 33.0. The maximum atomic E-state index is 13.7. The van der Waals surface area contributed by atoms with Gasteiger partial charge in [0.2, 0.25) is 11.8 Å². The van der Waals surface area contributed by atoms with Crippen LogP contribution < -0.4 is 0 Å². The van der Waals surface area contributed by atoms with Crippen LogP contribution in [0.15, 0.2) is 77.4 Å². The van der Waals surface area contributed by atoms with Crippen molar-refractivity contribution in [3.05, 3.63) is 95.7 Å². The monoisotopic (exact) mass is 519 g/mol. The molecule has 2 aliphatic rings. The lowest BCUT2D eigenvalue weighted by Crippen LogP contribution is -2.47. The van der Waals surface area contributed by atoms with Crippen LogP contribution in [0.5, 0.6) is 0 Å². The number of carbonyl (C=O) groups excluding carboxylic acids is 2. The van der Waals surface area contributed by atoms with E-state index in [1.807, 2.05) is 24.3 Å². The summed E-state index contributed by atoms with van der Waals surface area (Å²) in [6.45, 7) is 4.73. The van der Waals surface area contributed by atoms with Gasteiger partial charge in [-0.1, -0.05) is 42.5 Å². The number of rotatable bonds is 11. The van der Waals surface area contributed by atoms with Crippen molar-refractivity contribution in [2.75, 3.05) is 45.9 Å². The van der Waals surface area contributed by atoms with E-state index < -0.39 is 0 Å². The van der Waals surface area contributed by atoms with E-state index in [-0.39, 0.29) is 42.6 Å². The summed E-state index contributed by atoms with van der Waals surface area (Å²) in [5.74, 6) is 0.278. The summed E-state index contributed by atoms with van der Waals surface area (Å²) < 4.78 is 24.4. The number of nitrogens with zero attached hydrogens (tertiary/aromatic N) is 3. The van der Waals surface area contributed by atoms with Crippen molar-refractivity contribution in [1.29, 1.82) is 0 Å². The molecule has 1 saturated carbocycles. The third-order valence-corrected chi connectivity index (χ3v) is 7.33. The number of ether oxygens (including phenoxy) is 1. The lowest BCUT2D eigenvalue weighted by molar-refractivity contribution is -0.142. The summed E-state index contributed by atoms with van der Waals surface area (Å²) in [5, 5.41) is 0. The molecular formula is C30H34FN3O4. The van der Waals surface area contributed by atoms with E-state index >= 15 is 0 Å². The molecule has 8 heteroatoms. The summed E-state index contributed by atoms with van der Waals surface area (Å²) >= 11 is 0. The second-order valence-electron chi connectivity index (χ2n) is 10.0. The largest absolute Gasteiger partial charge is 0.467 e. The molecule has 200 valence electrons. The Hall–Kier alpha value is -3.49. The maximum absolute atomic E-state index is 13.7. The van der Waals surface area contributed by atoms with Gasteiger partial charge in [0.25, 0.3) is 0 Å². The molecule has 2 heterocycles. The van der Waals surface area contributed by atoms with Gasteiger partial charge in [0, 0.05) is 38.6 Å². The Morgan fingerprint density at radius 3 is 2.39 bits per heavy atom. The average molecular weight is 520 g/mol. The first-order valence-corrected chi connectivity index (χ1v) is 13.3. The number of hydrogen-bond donors (Lipinski definition) is 0. The molecule has 1 aliphatic carbocycles. The van der Waals surface area contributed by atoms with Crippen LogP contribution in [-0.4, -0.2) is 72.5 Å². The van der Waals surface area contributed by atoms with Crippen LogP contribution in [0.3, 0.4) is 0 Å². The SMILES string of the molecule is O=C(CN(CCN1CCOCC1)C(=O)C1CC1c1ccccc1)N(Cc1ccc(F)cc1)Cc1ccco1. The van der Waals surface area contributed by atoms with Crippen molar-refractivity contribution in [2.45, 2.75) is 25.4 Å². The molecule has 38 heavy (non-hydrogen) atoms. The normalized spacial score (nSPS) is 19.2. The van der Waals surface area contributed by atoms with Crippen molar-refractivity contribution in [2.24, 2.45) is 5.92 Å². The first-order valence-electron chi connectivity index (χ1n) is 13.3. The van der Waals surface area contributed by atoms with Crippen LogP contribution in [0.25, 0.3) is 0 Å². The molecule has 1 saturated heterocycles. The molecule has 0 spiro atoms. The summed E-state index contributed by atoms with van der Waals surface area (Å²) in [6.07, 6.45) is 2.38. The van der Waals surface area contributed by atoms with E-state index in [4.69, 9.17) is 9.15 Å². The van der Waals surface area contributed by atoms with Crippen molar-refractivity contribution in [1.82, 2.24) is 14.7 Å². The summed E-state index contributed by atoms with van der Waals surface area (Å²) in [7, 11) is 0. The minimum atomic E-state index is -0.324. The van der Waals surface area contributed by atoms with E-state index in [2.05, 4.69) is 17.0 Å². The number of halogens is 1. The minimum Gasteiger partial charge on any atom is -0.467 e. The van der Waals surface area contributed by atoms with Crippen LogP contribution in [0.2, 0.25) is 0 Å². The quantitative estimate of drug-likeness (QED) is 0.384. The van der Waals surface area contributed by atoms with E-state index in [0.29, 0.717) is 38.6 Å². The molecular weight excluding hydrogens is 485 g/mol. The summed E-state index contributed by atoms with van der Waals surface area (Å²) in [6, 6.07) is 19.8. The van der Waals surface area contributed by atoms with Crippen LogP contribution >= 0.6 is 0 Å². The molecule has 2 unspecified atom stereocenters. The van der Waals surface area contributed by atoms with Gasteiger partial charge in [0.1, 0.15) is 11.6 Å². The highest BCUT2D eigenvalue weighted by Gasteiger charge is 2.46. The van der Waals surface area contributed by atoms with Crippen molar-refractivity contribution in [3.8, 4) is 0 Å². The zero-order valence-corrected chi connectivity index (χ0v) is 21.5. The minimum absolute atomic E-state index is 0.0108. The molecule has 2 amide bonds. The van der Waals surface area contributed by atoms with Crippen LogP contribution in [0, 0.1) is 11.7 Å². The van der Waals surface area contributed by atoms with Gasteiger partial charge in [-0.25, -0.2) is 4.39 Å². The van der Waals surface area contributed by atoms with Gasteiger partial charge in [0.05, 0.1) is 32.6 Å². The van der Waals surface area contributed by atoms with Crippen LogP contribution in [0.1, 0.15) is 29.2 Å². The predicted octanol–water partition coefficient (Wildman–Crippen LogP) is 3.91. The lowest BCUT2D eigenvalue weighted by Gasteiger charge is -2.31.